The molecule has 3 heteroatoms. The standard InChI is InChI=1S/C28H39FO2/c1-2-3-4-5-20-6-7-25-19-24(13-12-23(25)18-20)21-8-10-22(11-9-21)28(30)31-27-16-14-26(29)15-17-27/h2-3,14-17,20-25H,4-13,18-19H2,1H3/b3-2+. The van der Waals surface area contributed by atoms with Crippen LogP contribution >= 0.6 is 0 Å². The molecule has 0 heterocycles. The van der Waals surface area contributed by atoms with E-state index in [-0.39, 0.29) is 17.7 Å². The minimum absolute atomic E-state index is 0.00486. The number of rotatable bonds is 6. The van der Waals surface area contributed by atoms with E-state index in [1.807, 2.05) is 0 Å². The van der Waals surface area contributed by atoms with Crippen molar-refractivity contribution < 1.29 is 13.9 Å². The Kier molecular flexibility index (Phi) is 7.85. The van der Waals surface area contributed by atoms with E-state index in [1.54, 1.807) is 0 Å². The Hall–Kier alpha value is -1.64. The maximum atomic E-state index is 13.0. The number of carbonyl (C=O) groups is 1. The van der Waals surface area contributed by atoms with Crippen LogP contribution in [0.15, 0.2) is 36.4 Å². The van der Waals surface area contributed by atoms with Gasteiger partial charge in [0.05, 0.1) is 5.92 Å². The third-order valence-electron chi connectivity index (χ3n) is 8.54. The molecule has 0 aromatic heterocycles. The minimum Gasteiger partial charge on any atom is -0.426 e. The predicted molar refractivity (Wildman–Crippen MR) is 123 cm³/mol. The van der Waals surface area contributed by atoms with Crippen molar-refractivity contribution in [3.63, 3.8) is 0 Å². The van der Waals surface area contributed by atoms with E-state index in [0.717, 1.165) is 55.3 Å². The molecule has 0 spiro atoms. The Morgan fingerprint density at radius 2 is 1.52 bits per heavy atom. The van der Waals surface area contributed by atoms with Crippen LogP contribution in [0.5, 0.6) is 5.75 Å². The topological polar surface area (TPSA) is 26.3 Å². The Labute approximate surface area is 187 Å². The van der Waals surface area contributed by atoms with Crippen molar-refractivity contribution in [1.29, 1.82) is 0 Å². The van der Waals surface area contributed by atoms with Gasteiger partial charge in [-0.15, -0.1) is 0 Å². The lowest BCUT2D eigenvalue weighted by atomic mass is 9.60. The molecule has 4 atom stereocenters. The molecule has 3 saturated carbocycles. The van der Waals surface area contributed by atoms with Gasteiger partial charge in [0.15, 0.2) is 0 Å². The molecule has 3 fully saturated rings. The first kappa shape index (κ1) is 22.6. The summed E-state index contributed by atoms with van der Waals surface area (Å²) in [6, 6.07) is 5.75. The lowest BCUT2D eigenvalue weighted by Crippen LogP contribution is -2.35. The van der Waals surface area contributed by atoms with Crippen molar-refractivity contribution in [1.82, 2.24) is 0 Å². The van der Waals surface area contributed by atoms with E-state index in [1.165, 1.54) is 75.6 Å². The highest BCUT2D eigenvalue weighted by molar-refractivity contribution is 5.75. The fourth-order valence-electron chi connectivity index (χ4n) is 6.74. The first-order chi connectivity index (χ1) is 15.1. The zero-order chi connectivity index (χ0) is 21.6. The van der Waals surface area contributed by atoms with Crippen molar-refractivity contribution in [2.75, 3.05) is 0 Å². The van der Waals surface area contributed by atoms with Crippen molar-refractivity contribution in [2.24, 2.45) is 35.5 Å². The van der Waals surface area contributed by atoms with Crippen LogP contribution in [-0.4, -0.2) is 5.97 Å². The van der Waals surface area contributed by atoms with Gasteiger partial charge in [-0.3, -0.25) is 4.79 Å². The molecule has 0 radical (unpaired) electrons. The molecule has 0 bridgehead atoms. The van der Waals surface area contributed by atoms with Gasteiger partial charge >= 0.3 is 5.97 Å². The van der Waals surface area contributed by atoms with Crippen LogP contribution in [-0.2, 0) is 4.79 Å². The second-order valence-corrected chi connectivity index (χ2v) is 10.4. The molecule has 31 heavy (non-hydrogen) atoms. The second kappa shape index (κ2) is 10.8. The summed E-state index contributed by atoms with van der Waals surface area (Å²) in [5, 5.41) is 0. The van der Waals surface area contributed by atoms with E-state index in [2.05, 4.69) is 19.1 Å². The number of hydrogen-bond acceptors (Lipinski definition) is 2. The van der Waals surface area contributed by atoms with Gasteiger partial charge in [-0.1, -0.05) is 18.6 Å². The zero-order valence-corrected chi connectivity index (χ0v) is 19.1. The number of benzene rings is 1. The SMILES string of the molecule is C/C=C/CCC1CCC2CC(C3CCC(C(=O)Oc4ccc(F)cc4)CC3)CCC2C1. The van der Waals surface area contributed by atoms with E-state index >= 15 is 0 Å². The van der Waals surface area contributed by atoms with Crippen LogP contribution in [0, 0.1) is 41.3 Å². The first-order valence-corrected chi connectivity index (χ1v) is 12.7. The van der Waals surface area contributed by atoms with Crippen molar-refractivity contribution in [3.8, 4) is 5.75 Å². The number of carbonyl (C=O) groups excluding carboxylic acids is 1. The molecule has 0 saturated heterocycles. The highest BCUT2D eigenvalue weighted by Gasteiger charge is 2.39. The van der Waals surface area contributed by atoms with Crippen LogP contribution in [0.25, 0.3) is 0 Å². The number of ether oxygens (including phenoxy) is 1. The fourth-order valence-corrected chi connectivity index (χ4v) is 6.74. The van der Waals surface area contributed by atoms with Crippen LogP contribution in [0.3, 0.4) is 0 Å². The Morgan fingerprint density at radius 3 is 2.23 bits per heavy atom. The van der Waals surface area contributed by atoms with Gasteiger partial charge in [0.1, 0.15) is 11.6 Å². The average molecular weight is 427 g/mol. The maximum absolute atomic E-state index is 13.0. The Bertz CT molecular complexity index is 732. The Morgan fingerprint density at radius 1 is 0.903 bits per heavy atom. The van der Waals surface area contributed by atoms with Crippen LogP contribution in [0.1, 0.15) is 84.0 Å². The lowest BCUT2D eigenvalue weighted by Gasteiger charge is -2.45. The van der Waals surface area contributed by atoms with Crippen LogP contribution < -0.4 is 4.74 Å². The minimum atomic E-state index is -0.308. The van der Waals surface area contributed by atoms with E-state index in [0.29, 0.717) is 5.75 Å². The highest BCUT2D eigenvalue weighted by Crippen LogP contribution is 2.49. The quantitative estimate of drug-likeness (QED) is 0.264. The second-order valence-electron chi connectivity index (χ2n) is 10.4. The largest absolute Gasteiger partial charge is 0.426 e. The molecule has 1 aromatic rings. The molecule has 0 amide bonds. The van der Waals surface area contributed by atoms with Gasteiger partial charge in [0, 0.05) is 0 Å². The molecular weight excluding hydrogens is 387 g/mol. The number of halogens is 1. The molecule has 4 unspecified atom stereocenters. The molecular formula is C28H39FO2. The highest BCUT2D eigenvalue weighted by atomic mass is 19.1. The van der Waals surface area contributed by atoms with Gasteiger partial charge in [0.2, 0.25) is 0 Å². The number of fused-ring (bicyclic) bond motifs is 1. The molecule has 3 aliphatic rings. The summed E-state index contributed by atoms with van der Waals surface area (Å²) in [5.74, 6) is 4.57. The van der Waals surface area contributed by atoms with Crippen LogP contribution in [0.4, 0.5) is 4.39 Å². The predicted octanol–water partition coefficient (Wildman–Crippen LogP) is 7.73. The number of hydrogen-bond donors (Lipinski definition) is 0. The summed E-state index contributed by atoms with van der Waals surface area (Å²) < 4.78 is 18.5. The van der Waals surface area contributed by atoms with E-state index in [9.17, 15) is 9.18 Å². The van der Waals surface area contributed by atoms with Gasteiger partial charge in [0.25, 0.3) is 0 Å². The molecule has 2 nitrogen and oxygen atoms in total. The fraction of sp³-hybridized carbons (Fsp3) is 0.679. The summed E-state index contributed by atoms with van der Waals surface area (Å²) >= 11 is 0. The van der Waals surface area contributed by atoms with Gasteiger partial charge in [-0.25, -0.2) is 4.39 Å². The third-order valence-corrected chi connectivity index (χ3v) is 8.54. The van der Waals surface area contributed by atoms with Gasteiger partial charge in [-0.05, 0) is 131 Å². The van der Waals surface area contributed by atoms with Crippen molar-refractivity contribution >= 4 is 5.97 Å². The monoisotopic (exact) mass is 426 g/mol. The molecule has 4 rings (SSSR count). The summed E-state index contributed by atoms with van der Waals surface area (Å²) in [6.45, 7) is 2.13. The molecule has 0 aliphatic heterocycles. The average Bonchev–Trinajstić information content (AvgIpc) is 2.80. The van der Waals surface area contributed by atoms with E-state index in [4.69, 9.17) is 4.74 Å². The van der Waals surface area contributed by atoms with Crippen LogP contribution in [0.2, 0.25) is 0 Å². The molecule has 170 valence electrons. The number of esters is 1. The normalized spacial score (nSPS) is 33.7. The molecule has 0 N–H and O–H groups in total. The van der Waals surface area contributed by atoms with Gasteiger partial charge in [-0.2, -0.15) is 0 Å². The summed E-state index contributed by atoms with van der Waals surface area (Å²) in [6.07, 6.45) is 20.0. The van der Waals surface area contributed by atoms with Crippen molar-refractivity contribution in [2.45, 2.75) is 84.0 Å². The van der Waals surface area contributed by atoms with Crippen molar-refractivity contribution in [3.05, 3.63) is 42.2 Å². The lowest BCUT2D eigenvalue weighted by molar-refractivity contribution is -0.140. The summed E-state index contributed by atoms with van der Waals surface area (Å²) in [5.41, 5.74) is 0. The smallest absolute Gasteiger partial charge is 0.314 e. The third kappa shape index (κ3) is 5.99. The van der Waals surface area contributed by atoms with E-state index < -0.39 is 0 Å². The molecule has 1 aromatic carbocycles. The first-order valence-electron chi connectivity index (χ1n) is 12.7. The maximum Gasteiger partial charge on any atom is 0.314 e. The number of allylic oxidation sites excluding steroid dienone is 2. The zero-order valence-electron chi connectivity index (χ0n) is 19.1. The molecule has 3 aliphatic carbocycles. The summed E-state index contributed by atoms with van der Waals surface area (Å²) in [4.78, 5) is 12.5. The summed E-state index contributed by atoms with van der Waals surface area (Å²) in [7, 11) is 0. The van der Waals surface area contributed by atoms with Gasteiger partial charge < -0.3 is 4.74 Å². The Balaban J connectivity index is 1.20.